The van der Waals surface area contributed by atoms with Crippen molar-refractivity contribution in [1.82, 2.24) is 5.32 Å². The van der Waals surface area contributed by atoms with Crippen molar-refractivity contribution >= 4 is 22.9 Å². The Bertz CT molecular complexity index is 670. The number of amides is 1. The standard InChI is InChI=1S/C15H16N2O4S/c1-10-8-12(5-6-14(10)17(19)20)21-11(2)15(18)16-9-13-4-3-7-22-13/h3-8,11H,9H2,1-2H3,(H,16,18). The molecule has 2 aromatic rings. The van der Waals surface area contributed by atoms with Gasteiger partial charge >= 0.3 is 0 Å². The highest BCUT2D eigenvalue weighted by Crippen LogP contribution is 2.23. The summed E-state index contributed by atoms with van der Waals surface area (Å²) in [5, 5.41) is 15.5. The molecule has 0 fully saturated rings. The van der Waals surface area contributed by atoms with E-state index in [0.29, 0.717) is 17.9 Å². The van der Waals surface area contributed by atoms with Crippen LogP contribution in [0.15, 0.2) is 35.7 Å². The second-order valence-corrected chi connectivity index (χ2v) is 5.79. The molecule has 0 aliphatic heterocycles. The number of carbonyl (C=O) groups excluding carboxylic acids is 1. The topological polar surface area (TPSA) is 81.5 Å². The lowest BCUT2D eigenvalue weighted by atomic mass is 10.2. The molecule has 1 aromatic heterocycles. The van der Waals surface area contributed by atoms with Crippen LogP contribution in [0.4, 0.5) is 5.69 Å². The Hall–Kier alpha value is -2.41. The molecule has 6 nitrogen and oxygen atoms in total. The van der Waals surface area contributed by atoms with Gasteiger partial charge in [0.1, 0.15) is 5.75 Å². The Balaban J connectivity index is 1.93. The number of hydrogen-bond donors (Lipinski definition) is 1. The van der Waals surface area contributed by atoms with E-state index in [2.05, 4.69) is 5.32 Å². The van der Waals surface area contributed by atoms with E-state index in [9.17, 15) is 14.9 Å². The van der Waals surface area contributed by atoms with Gasteiger partial charge in [0.15, 0.2) is 6.10 Å². The van der Waals surface area contributed by atoms with E-state index in [1.54, 1.807) is 31.3 Å². The first-order chi connectivity index (χ1) is 10.5. The van der Waals surface area contributed by atoms with Gasteiger partial charge in [0.05, 0.1) is 11.5 Å². The first-order valence-corrected chi connectivity index (χ1v) is 7.57. The molecule has 0 saturated carbocycles. The lowest BCUT2D eigenvalue weighted by Crippen LogP contribution is -2.35. The zero-order chi connectivity index (χ0) is 16.1. The Kier molecular flexibility index (Phi) is 5.11. The minimum absolute atomic E-state index is 0.0298. The van der Waals surface area contributed by atoms with Crippen LogP contribution >= 0.6 is 11.3 Å². The number of benzene rings is 1. The fourth-order valence-corrected chi connectivity index (χ4v) is 2.54. The molecule has 0 radical (unpaired) electrons. The molecule has 1 atom stereocenters. The summed E-state index contributed by atoms with van der Waals surface area (Å²) in [5.41, 5.74) is 0.524. The van der Waals surface area contributed by atoms with Crippen LogP contribution in [0.1, 0.15) is 17.4 Å². The first-order valence-electron chi connectivity index (χ1n) is 6.69. The van der Waals surface area contributed by atoms with E-state index in [1.807, 2.05) is 17.5 Å². The summed E-state index contributed by atoms with van der Waals surface area (Å²) in [4.78, 5) is 23.3. The molecule has 1 N–H and O–H groups in total. The quantitative estimate of drug-likeness (QED) is 0.655. The van der Waals surface area contributed by atoms with Crippen molar-refractivity contribution in [2.75, 3.05) is 0 Å². The van der Waals surface area contributed by atoms with Gasteiger partial charge in [0, 0.05) is 16.5 Å². The highest BCUT2D eigenvalue weighted by molar-refractivity contribution is 7.09. The predicted octanol–water partition coefficient (Wildman–Crippen LogP) is 3.05. The molecule has 1 heterocycles. The van der Waals surface area contributed by atoms with E-state index >= 15 is 0 Å². The maximum absolute atomic E-state index is 12.0. The van der Waals surface area contributed by atoms with Crippen LogP contribution in [0, 0.1) is 17.0 Å². The molecule has 0 spiro atoms. The number of rotatable bonds is 6. The average Bonchev–Trinajstić information content (AvgIpc) is 2.97. The highest BCUT2D eigenvalue weighted by Gasteiger charge is 2.16. The fraction of sp³-hybridized carbons (Fsp3) is 0.267. The Morgan fingerprint density at radius 3 is 2.82 bits per heavy atom. The smallest absolute Gasteiger partial charge is 0.272 e. The van der Waals surface area contributed by atoms with Crippen molar-refractivity contribution in [1.29, 1.82) is 0 Å². The normalized spacial score (nSPS) is 11.7. The summed E-state index contributed by atoms with van der Waals surface area (Å²) < 4.78 is 5.53. The van der Waals surface area contributed by atoms with Gasteiger partial charge in [-0.1, -0.05) is 6.07 Å². The zero-order valence-electron chi connectivity index (χ0n) is 12.2. The summed E-state index contributed by atoms with van der Waals surface area (Å²) in [7, 11) is 0. The molecule has 0 aliphatic rings. The number of nitro benzene ring substituents is 1. The molecule has 0 saturated heterocycles. The monoisotopic (exact) mass is 320 g/mol. The van der Waals surface area contributed by atoms with Crippen LogP contribution in [0.25, 0.3) is 0 Å². The number of ether oxygens (including phenoxy) is 1. The minimum Gasteiger partial charge on any atom is -0.481 e. The number of hydrogen-bond acceptors (Lipinski definition) is 5. The number of thiophene rings is 1. The molecule has 1 unspecified atom stereocenters. The van der Waals surface area contributed by atoms with Gasteiger partial charge in [0.2, 0.25) is 0 Å². The third-order valence-electron chi connectivity index (χ3n) is 3.06. The largest absolute Gasteiger partial charge is 0.481 e. The van der Waals surface area contributed by atoms with Crippen molar-refractivity contribution in [3.8, 4) is 5.75 Å². The molecule has 1 aromatic carbocycles. The van der Waals surface area contributed by atoms with Crippen molar-refractivity contribution in [2.24, 2.45) is 0 Å². The van der Waals surface area contributed by atoms with Crippen molar-refractivity contribution in [3.63, 3.8) is 0 Å². The third-order valence-corrected chi connectivity index (χ3v) is 3.94. The Morgan fingerprint density at radius 2 is 2.23 bits per heavy atom. The summed E-state index contributed by atoms with van der Waals surface area (Å²) in [6, 6.07) is 8.29. The fourth-order valence-electron chi connectivity index (χ4n) is 1.89. The average molecular weight is 320 g/mol. The van der Waals surface area contributed by atoms with E-state index in [-0.39, 0.29) is 11.6 Å². The minimum atomic E-state index is -0.680. The Morgan fingerprint density at radius 1 is 1.45 bits per heavy atom. The highest BCUT2D eigenvalue weighted by atomic mass is 32.1. The van der Waals surface area contributed by atoms with Gasteiger partial charge in [-0.05, 0) is 37.4 Å². The zero-order valence-corrected chi connectivity index (χ0v) is 13.1. The summed E-state index contributed by atoms with van der Waals surface area (Å²) in [5.74, 6) is 0.200. The number of nitrogens with one attached hydrogen (secondary N) is 1. The Labute approximate surface area is 131 Å². The second kappa shape index (κ2) is 7.04. The number of nitro groups is 1. The SMILES string of the molecule is Cc1cc(OC(C)C(=O)NCc2cccs2)ccc1[N+](=O)[O-]. The molecule has 2 rings (SSSR count). The van der Waals surface area contributed by atoms with Gasteiger partial charge in [-0.15, -0.1) is 11.3 Å². The van der Waals surface area contributed by atoms with Crippen LogP contribution in [-0.2, 0) is 11.3 Å². The summed E-state index contributed by atoms with van der Waals surface area (Å²) >= 11 is 1.57. The number of nitrogens with zero attached hydrogens (tertiary/aromatic N) is 1. The van der Waals surface area contributed by atoms with Gasteiger partial charge in [-0.2, -0.15) is 0 Å². The lowest BCUT2D eigenvalue weighted by Gasteiger charge is -2.14. The lowest BCUT2D eigenvalue weighted by molar-refractivity contribution is -0.385. The van der Waals surface area contributed by atoms with Crippen molar-refractivity contribution in [3.05, 3.63) is 56.3 Å². The van der Waals surface area contributed by atoms with Gasteiger partial charge in [0.25, 0.3) is 11.6 Å². The second-order valence-electron chi connectivity index (χ2n) is 4.76. The van der Waals surface area contributed by atoms with Crippen LogP contribution < -0.4 is 10.1 Å². The molecule has 0 bridgehead atoms. The predicted molar refractivity (Wildman–Crippen MR) is 84.1 cm³/mol. The van der Waals surface area contributed by atoms with E-state index in [0.717, 1.165) is 4.88 Å². The van der Waals surface area contributed by atoms with Crippen LogP contribution in [-0.4, -0.2) is 16.9 Å². The molecule has 0 aliphatic carbocycles. The van der Waals surface area contributed by atoms with Crippen LogP contribution in [0.3, 0.4) is 0 Å². The molecule has 1 amide bonds. The third kappa shape index (κ3) is 4.05. The van der Waals surface area contributed by atoms with Crippen molar-refractivity contribution in [2.45, 2.75) is 26.5 Å². The summed E-state index contributed by atoms with van der Waals surface area (Å²) in [6.07, 6.45) is -0.680. The maximum atomic E-state index is 12.0. The van der Waals surface area contributed by atoms with Crippen molar-refractivity contribution < 1.29 is 14.5 Å². The maximum Gasteiger partial charge on any atom is 0.272 e. The van der Waals surface area contributed by atoms with Gasteiger partial charge in [-0.3, -0.25) is 14.9 Å². The number of carbonyl (C=O) groups is 1. The molecule has 116 valence electrons. The molecule has 22 heavy (non-hydrogen) atoms. The first kappa shape index (κ1) is 16.0. The van der Waals surface area contributed by atoms with Gasteiger partial charge < -0.3 is 10.1 Å². The van der Waals surface area contributed by atoms with E-state index in [4.69, 9.17) is 4.74 Å². The van der Waals surface area contributed by atoms with E-state index in [1.165, 1.54) is 12.1 Å². The summed E-state index contributed by atoms with van der Waals surface area (Å²) in [6.45, 7) is 3.73. The van der Waals surface area contributed by atoms with Gasteiger partial charge in [-0.25, -0.2) is 0 Å². The number of aryl methyl sites for hydroxylation is 1. The molecular weight excluding hydrogens is 304 g/mol. The molecular formula is C15H16N2O4S. The van der Waals surface area contributed by atoms with Crippen LogP contribution in [0.2, 0.25) is 0 Å². The molecule has 7 heteroatoms. The van der Waals surface area contributed by atoms with Crippen LogP contribution in [0.5, 0.6) is 5.75 Å². The van der Waals surface area contributed by atoms with E-state index < -0.39 is 11.0 Å².